The van der Waals surface area contributed by atoms with E-state index in [-0.39, 0.29) is 12.5 Å². The number of piperidine rings is 1. The van der Waals surface area contributed by atoms with Gasteiger partial charge in [0.15, 0.2) is 0 Å². The van der Waals surface area contributed by atoms with Crippen LogP contribution >= 0.6 is 0 Å². The van der Waals surface area contributed by atoms with E-state index in [1.54, 1.807) is 0 Å². The van der Waals surface area contributed by atoms with Crippen molar-refractivity contribution in [2.24, 2.45) is 0 Å². The third-order valence-electron chi connectivity index (χ3n) is 2.32. The minimum atomic E-state index is -1.00. The molecule has 0 aromatic rings. The van der Waals surface area contributed by atoms with Crippen molar-refractivity contribution in [3.05, 3.63) is 0 Å². The number of hydrogen-bond donors (Lipinski definition) is 3. The number of carboxylic acids is 1. The molecule has 1 amide bonds. The van der Waals surface area contributed by atoms with Crippen molar-refractivity contribution >= 4 is 11.9 Å². The molecule has 0 saturated carbocycles. The van der Waals surface area contributed by atoms with Gasteiger partial charge in [-0.1, -0.05) is 0 Å². The number of hydrogen-bond acceptors (Lipinski definition) is 4. The van der Waals surface area contributed by atoms with E-state index in [1.165, 1.54) is 7.11 Å². The van der Waals surface area contributed by atoms with Crippen LogP contribution in [0.1, 0.15) is 12.8 Å². The summed E-state index contributed by atoms with van der Waals surface area (Å²) in [7, 11) is 1.43. The smallest absolute Gasteiger partial charge is 0.323 e. The van der Waals surface area contributed by atoms with Crippen molar-refractivity contribution in [3.8, 4) is 0 Å². The number of nitrogens with one attached hydrogen (secondary N) is 2. The van der Waals surface area contributed by atoms with E-state index in [1.807, 2.05) is 0 Å². The number of amides is 1. The Bertz CT molecular complexity index is 242. The first-order valence-corrected chi connectivity index (χ1v) is 4.90. The molecule has 1 aliphatic rings. The molecular weight excluding hydrogens is 200 g/mol. The lowest BCUT2D eigenvalue weighted by molar-refractivity contribution is -0.141. The maximum Gasteiger partial charge on any atom is 0.323 e. The molecule has 2 atom stereocenters. The highest BCUT2D eigenvalue weighted by atomic mass is 16.5. The van der Waals surface area contributed by atoms with E-state index in [0.29, 0.717) is 13.0 Å². The van der Waals surface area contributed by atoms with Gasteiger partial charge in [-0.3, -0.25) is 14.9 Å². The fourth-order valence-electron chi connectivity index (χ4n) is 1.53. The summed E-state index contributed by atoms with van der Waals surface area (Å²) >= 11 is 0. The summed E-state index contributed by atoms with van der Waals surface area (Å²) in [5, 5.41) is 14.3. The first kappa shape index (κ1) is 11.9. The predicted molar refractivity (Wildman–Crippen MR) is 52.5 cm³/mol. The molecule has 0 aromatic carbocycles. The van der Waals surface area contributed by atoms with Gasteiger partial charge in [-0.2, -0.15) is 0 Å². The molecule has 0 spiro atoms. The van der Waals surface area contributed by atoms with Crippen molar-refractivity contribution in [3.63, 3.8) is 0 Å². The number of methoxy groups -OCH3 is 1. The van der Waals surface area contributed by atoms with Gasteiger partial charge in [0, 0.05) is 13.7 Å². The number of carbonyl (C=O) groups is 2. The molecule has 0 radical (unpaired) electrons. The molecule has 1 saturated heterocycles. The lowest BCUT2D eigenvalue weighted by Gasteiger charge is -2.25. The standard InChI is InChI=1S/C9H16N2O4/c1-15-5-7(9(13)14)11-6-3-2-4-10-8(6)12/h6-7,11H,2-5H2,1H3,(H,10,12)(H,13,14). The van der Waals surface area contributed by atoms with Crippen molar-refractivity contribution < 1.29 is 19.4 Å². The van der Waals surface area contributed by atoms with Gasteiger partial charge in [0.25, 0.3) is 0 Å². The van der Waals surface area contributed by atoms with E-state index in [4.69, 9.17) is 9.84 Å². The highest BCUT2D eigenvalue weighted by molar-refractivity contribution is 5.83. The van der Waals surface area contributed by atoms with E-state index in [9.17, 15) is 9.59 Å². The monoisotopic (exact) mass is 216 g/mol. The molecule has 0 bridgehead atoms. The van der Waals surface area contributed by atoms with Crippen molar-refractivity contribution in [1.82, 2.24) is 10.6 Å². The molecule has 15 heavy (non-hydrogen) atoms. The Morgan fingerprint density at radius 1 is 1.80 bits per heavy atom. The molecule has 86 valence electrons. The maximum atomic E-state index is 11.3. The third-order valence-corrected chi connectivity index (χ3v) is 2.32. The number of carboxylic acid groups (broad SMARTS) is 1. The topological polar surface area (TPSA) is 87.7 Å². The summed E-state index contributed by atoms with van der Waals surface area (Å²) in [5.41, 5.74) is 0. The van der Waals surface area contributed by atoms with Crippen molar-refractivity contribution in [1.29, 1.82) is 0 Å². The molecule has 1 aliphatic heterocycles. The predicted octanol–water partition coefficient (Wildman–Crippen LogP) is -1.05. The van der Waals surface area contributed by atoms with Crippen LogP contribution in [0, 0.1) is 0 Å². The Hall–Kier alpha value is -1.14. The van der Waals surface area contributed by atoms with Crippen LogP contribution in [0.15, 0.2) is 0 Å². The molecule has 1 fully saturated rings. The van der Waals surface area contributed by atoms with E-state index in [0.717, 1.165) is 6.42 Å². The molecule has 3 N–H and O–H groups in total. The molecule has 1 rings (SSSR count). The van der Waals surface area contributed by atoms with Gasteiger partial charge in [0.05, 0.1) is 12.6 Å². The number of ether oxygens (including phenoxy) is 1. The number of rotatable bonds is 5. The Kier molecular flexibility index (Phi) is 4.51. The first-order valence-electron chi connectivity index (χ1n) is 4.90. The molecule has 0 aliphatic carbocycles. The molecule has 0 aromatic heterocycles. The van der Waals surface area contributed by atoms with E-state index in [2.05, 4.69) is 10.6 Å². The second-order valence-electron chi connectivity index (χ2n) is 3.50. The zero-order valence-electron chi connectivity index (χ0n) is 8.66. The van der Waals surface area contributed by atoms with Crippen LogP contribution in [0.2, 0.25) is 0 Å². The van der Waals surface area contributed by atoms with Crippen LogP contribution < -0.4 is 10.6 Å². The Morgan fingerprint density at radius 2 is 2.53 bits per heavy atom. The van der Waals surface area contributed by atoms with Gasteiger partial charge in [-0.25, -0.2) is 0 Å². The van der Waals surface area contributed by atoms with E-state index < -0.39 is 18.1 Å². The molecule has 6 nitrogen and oxygen atoms in total. The van der Waals surface area contributed by atoms with Crippen LogP contribution in [-0.2, 0) is 14.3 Å². The van der Waals surface area contributed by atoms with Crippen molar-refractivity contribution in [2.75, 3.05) is 20.3 Å². The SMILES string of the molecule is COCC(NC1CCCNC1=O)C(=O)O. The van der Waals surface area contributed by atoms with Gasteiger partial charge in [0.1, 0.15) is 6.04 Å². The largest absolute Gasteiger partial charge is 0.480 e. The highest BCUT2D eigenvalue weighted by Gasteiger charge is 2.27. The minimum absolute atomic E-state index is 0.0547. The zero-order valence-corrected chi connectivity index (χ0v) is 8.66. The lowest BCUT2D eigenvalue weighted by Crippen LogP contribution is -2.54. The Morgan fingerprint density at radius 3 is 3.07 bits per heavy atom. The Labute approximate surface area is 88.0 Å². The van der Waals surface area contributed by atoms with Crippen LogP contribution in [-0.4, -0.2) is 49.3 Å². The van der Waals surface area contributed by atoms with Crippen LogP contribution in [0.4, 0.5) is 0 Å². The van der Waals surface area contributed by atoms with Gasteiger partial charge >= 0.3 is 5.97 Å². The minimum Gasteiger partial charge on any atom is -0.480 e. The van der Waals surface area contributed by atoms with Gasteiger partial charge in [-0.15, -0.1) is 0 Å². The quantitative estimate of drug-likeness (QED) is 0.546. The normalized spacial score (nSPS) is 23.3. The zero-order chi connectivity index (χ0) is 11.3. The molecular formula is C9H16N2O4. The van der Waals surface area contributed by atoms with Crippen LogP contribution in [0.5, 0.6) is 0 Å². The summed E-state index contributed by atoms with van der Waals surface area (Å²) < 4.78 is 4.77. The van der Waals surface area contributed by atoms with E-state index >= 15 is 0 Å². The number of aliphatic carboxylic acids is 1. The van der Waals surface area contributed by atoms with Crippen LogP contribution in [0.25, 0.3) is 0 Å². The summed E-state index contributed by atoms with van der Waals surface area (Å²) in [6.45, 7) is 0.720. The van der Waals surface area contributed by atoms with Gasteiger partial charge < -0.3 is 15.2 Å². The average Bonchev–Trinajstić information content (AvgIpc) is 2.20. The summed E-state index contributed by atoms with van der Waals surface area (Å²) in [4.78, 5) is 22.1. The fraction of sp³-hybridized carbons (Fsp3) is 0.778. The second-order valence-corrected chi connectivity index (χ2v) is 3.50. The first-order chi connectivity index (χ1) is 7.15. The summed E-state index contributed by atoms with van der Waals surface area (Å²) in [6.07, 6.45) is 1.53. The molecule has 1 heterocycles. The summed E-state index contributed by atoms with van der Waals surface area (Å²) in [5.74, 6) is -1.14. The second kappa shape index (κ2) is 5.67. The highest BCUT2D eigenvalue weighted by Crippen LogP contribution is 2.04. The fourth-order valence-corrected chi connectivity index (χ4v) is 1.53. The van der Waals surface area contributed by atoms with Gasteiger partial charge in [0.2, 0.25) is 5.91 Å². The van der Waals surface area contributed by atoms with Crippen molar-refractivity contribution in [2.45, 2.75) is 24.9 Å². The Balaban J connectivity index is 2.48. The maximum absolute atomic E-state index is 11.3. The average molecular weight is 216 g/mol. The molecule has 2 unspecified atom stereocenters. The summed E-state index contributed by atoms with van der Waals surface area (Å²) in [6, 6.07) is -1.25. The van der Waals surface area contributed by atoms with Crippen LogP contribution in [0.3, 0.4) is 0 Å². The molecule has 6 heteroatoms. The lowest BCUT2D eigenvalue weighted by atomic mass is 10.1. The third kappa shape index (κ3) is 3.49. The van der Waals surface area contributed by atoms with Gasteiger partial charge in [-0.05, 0) is 12.8 Å². The number of carbonyl (C=O) groups excluding carboxylic acids is 1.